The van der Waals surface area contributed by atoms with E-state index in [0.29, 0.717) is 31.7 Å². The minimum Gasteiger partial charge on any atom is -0.371 e. The second-order valence-corrected chi connectivity index (χ2v) is 7.00. The summed E-state index contributed by atoms with van der Waals surface area (Å²) in [4.78, 5) is 28.2. The van der Waals surface area contributed by atoms with Gasteiger partial charge < -0.3 is 14.5 Å². The van der Waals surface area contributed by atoms with Crippen molar-refractivity contribution < 1.29 is 14.3 Å². The molecule has 1 N–H and O–H groups in total. The maximum atomic E-state index is 12.2. The SMILES string of the molecule is O=C(C[C@@H]1COC2(C1)CN(C(=O)c1cn[nH]c1)C2)N1CCCC1. The fraction of sp³-hybridized carbons (Fsp3) is 0.688. The first kappa shape index (κ1) is 14.7. The summed E-state index contributed by atoms with van der Waals surface area (Å²) in [6, 6.07) is 0. The summed E-state index contributed by atoms with van der Waals surface area (Å²) in [6.07, 6.45) is 6.86. The third-order valence-corrected chi connectivity index (χ3v) is 5.20. The third-order valence-electron chi connectivity index (χ3n) is 5.20. The van der Waals surface area contributed by atoms with Gasteiger partial charge in [-0.05, 0) is 25.2 Å². The van der Waals surface area contributed by atoms with Gasteiger partial charge in [-0.15, -0.1) is 0 Å². The number of rotatable bonds is 3. The van der Waals surface area contributed by atoms with Gasteiger partial charge in [-0.25, -0.2) is 0 Å². The smallest absolute Gasteiger partial charge is 0.257 e. The third kappa shape index (κ3) is 2.73. The molecule has 0 unspecified atom stereocenters. The van der Waals surface area contributed by atoms with Gasteiger partial charge in [0.25, 0.3) is 5.91 Å². The van der Waals surface area contributed by atoms with Gasteiger partial charge in [-0.2, -0.15) is 5.10 Å². The van der Waals surface area contributed by atoms with Gasteiger partial charge in [0.2, 0.25) is 5.91 Å². The lowest BCUT2D eigenvalue weighted by molar-refractivity contribution is -0.131. The van der Waals surface area contributed by atoms with Crippen molar-refractivity contribution in [3.63, 3.8) is 0 Å². The Morgan fingerprint density at radius 3 is 2.78 bits per heavy atom. The number of H-pyrrole nitrogens is 1. The number of hydrogen-bond acceptors (Lipinski definition) is 4. The van der Waals surface area contributed by atoms with E-state index in [9.17, 15) is 9.59 Å². The molecule has 2 amide bonds. The number of likely N-dealkylation sites (tertiary alicyclic amines) is 2. The number of amides is 2. The molecule has 3 aliphatic heterocycles. The molecule has 0 saturated carbocycles. The quantitative estimate of drug-likeness (QED) is 0.888. The molecular formula is C16H22N4O3. The van der Waals surface area contributed by atoms with Crippen molar-refractivity contribution in [2.75, 3.05) is 32.8 Å². The van der Waals surface area contributed by atoms with Gasteiger partial charge in [0.05, 0.1) is 31.5 Å². The van der Waals surface area contributed by atoms with Crippen LogP contribution in [0.15, 0.2) is 12.4 Å². The molecule has 1 aromatic heterocycles. The Balaban J connectivity index is 1.28. The van der Waals surface area contributed by atoms with Gasteiger partial charge in [-0.1, -0.05) is 0 Å². The van der Waals surface area contributed by atoms with Crippen LogP contribution in [0.5, 0.6) is 0 Å². The van der Waals surface area contributed by atoms with Gasteiger partial charge in [0.1, 0.15) is 5.60 Å². The van der Waals surface area contributed by atoms with Crippen LogP contribution in [0.2, 0.25) is 0 Å². The first-order valence-corrected chi connectivity index (χ1v) is 8.35. The molecule has 23 heavy (non-hydrogen) atoms. The Hall–Kier alpha value is -1.89. The van der Waals surface area contributed by atoms with Crippen molar-refractivity contribution in [3.8, 4) is 0 Å². The molecule has 1 atom stereocenters. The minimum atomic E-state index is -0.227. The number of aromatic nitrogens is 2. The van der Waals surface area contributed by atoms with Crippen LogP contribution in [0, 0.1) is 5.92 Å². The van der Waals surface area contributed by atoms with E-state index in [1.807, 2.05) is 4.90 Å². The van der Waals surface area contributed by atoms with Gasteiger partial charge in [-0.3, -0.25) is 14.7 Å². The first-order chi connectivity index (χ1) is 11.2. The molecule has 3 aliphatic rings. The number of carbonyl (C=O) groups excluding carboxylic acids is 2. The molecule has 3 fully saturated rings. The topological polar surface area (TPSA) is 78.5 Å². The predicted molar refractivity (Wildman–Crippen MR) is 81.7 cm³/mol. The van der Waals surface area contributed by atoms with Crippen molar-refractivity contribution in [2.24, 2.45) is 5.92 Å². The van der Waals surface area contributed by atoms with E-state index in [0.717, 1.165) is 32.4 Å². The molecule has 0 radical (unpaired) electrons. The van der Waals surface area contributed by atoms with Gasteiger partial charge in [0, 0.05) is 25.7 Å². The second-order valence-electron chi connectivity index (χ2n) is 7.00. The van der Waals surface area contributed by atoms with Crippen LogP contribution in [0.1, 0.15) is 36.0 Å². The van der Waals surface area contributed by atoms with Crippen molar-refractivity contribution in [3.05, 3.63) is 18.0 Å². The maximum Gasteiger partial charge on any atom is 0.257 e. The summed E-state index contributed by atoms with van der Waals surface area (Å²) in [5.41, 5.74) is 0.355. The van der Waals surface area contributed by atoms with E-state index in [-0.39, 0.29) is 23.3 Å². The number of ether oxygens (including phenoxy) is 1. The van der Waals surface area contributed by atoms with E-state index in [2.05, 4.69) is 10.2 Å². The lowest BCUT2D eigenvalue weighted by atomic mass is 9.85. The van der Waals surface area contributed by atoms with Crippen LogP contribution in [0.3, 0.4) is 0 Å². The molecule has 124 valence electrons. The molecule has 0 aliphatic carbocycles. The van der Waals surface area contributed by atoms with Crippen LogP contribution in [0.4, 0.5) is 0 Å². The average molecular weight is 318 g/mol. The molecule has 4 rings (SSSR count). The second kappa shape index (κ2) is 5.63. The Labute approximate surface area is 135 Å². The van der Waals surface area contributed by atoms with Crippen molar-refractivity contribution in [1.82, 2.24) is 20.0 Å². The summed E-state index contributed by atoms with van der Waals surface area (Å²) in [6.45, 7) is 3.68. The van der Waals surface area contributed by atoms with E-state index < -0.39 is 0 Å². The van der Waals surface area contributed by atoms with Crippen LogP contribution in [-0.2, 0) is 9.53 Å². The van der Waals surface area contributed by atoms with Crippen LogP contribution in [0.25, 0.3) is 0 Å². The zero-order valence-corrected chi connectivity index (χ0v) is 13.2. The minimum absolute atomic E-state index is 0.00966. The molecule has 0 bridgehead atoms. The van der Waals surface area contributed by atoms with Gasteiger partial charge in [0.15, 0.2) is 0 Å². The van der Waals surface area contributed by atoms with Crippen LogP contribution < -0.4 is 0 Å². The van der Waals surface area contributed by atoms with Crippen molar-refractivity contribution >= 4 is 11.8 Å². The summed E-state index contributed by atoms with van der Waals surface area (Å²) in [7, 11) is 0. The fourth-order valence-electron chi connectivity index (χ4n) is 3.98. The van der Waals surface area contributed by atoms with Gasteiger partial charge >= 0.3 is 0 Å². The van der Waals surface area contributed by atoms with Crippen molar-refractivity contribution in [1.29, 1.82) is 0 Å². The largest absolute Gasteiger partial charge is 0.371 e. The number of nitrogens with zero attached hydrogens (tertiary/aromatic N) is 3. The summed E-state index contributed by atoms with van der Waals surface area (Å²) in [5, 5.41) is 6.47. The standard InChI is InChI=1S/C16H22N4O3/c21-14(19-3-1-2-4-19)5-12-6-16(23-9-12)10-20(11-16)15(22)13-7-17-18-8-13/h7-8,12H,1-6,9-11H2,(H,17,18)/t12-/m0/s1. The number of aromatic amines is 1. The molecule has 0 aromatic carbocycles. The summed E-state index contributed by atoms with van der Waals surface area (Å²) >= 11 is 0. The molecule has 7 heteroatoms. The fourth-order valence-corrected chi connectivity index (χ4v) is 3.98. The Morgan fingerprint density at radius 1 is 1.30 bits per heavy atom. The highest BCUT2D eigenvalue weighted by molar-refractivity contribution is 5.94. The zero-order chi connectivity index (χ0) is 15.9. The Morgan fingerprint density at radius 2 is 2.09 bits per heavy atom. The zero-order valence-electron chi connectivity index (χ0n) is 13.2. The van der Waals surface area contributed by atoms with E-state index in [1.165, 1.54) is 0 Å². The Kier molecular flexibility index (Phi) is 3.60. The van der Waals surface area contributed by atoms with Crippen LogP contribution in [-0.4, -0.2) is 70.2 Å². The maximum absolute atomic E-state index is 12.2. The predicted octanol–water partition coefficient (Wildman–Crippen LogP) is 0.653. The van der Waals surface area contributed by atoms with Crippen LogP contribution >= 0.6 is 0 Å². The average Bonchev–Trinajstić information content (AvgIpc) is 3.25. The number of nitrogens with one attached hydrogen (secondary N) is 1. The molecular weight excluding hydrogens is 296 g/mol. The lowest BCUT2D eigenvalue weighted by Gasteiger charge is -2.47. The molecule has 4 heterocycles. The van der Waals surface area contributed by atoms with E-state index in [1.54, 1.807) is 17.3 Å². The lowest BCUT2D eigenvalue weighted by Crippen LogP contribution is -2.63. The number of hydrogen-bond donors (Lipinski definition) is 1. The summed E-state index contributed by atoms with van der Waals surface area (Å²) < 4.78 is 5.96. The number of carbonyl (C=O) groups is 2. The van der Waals surface area contributed by atoms with E-state index in [4.69, 9.17) is 4.74 Å². The highest BCUT2D eigenvalue weighted by Gasteiger charge is 2.51. The monoisotopic (exact) mass is 318 g/mol. The van der Waals surface area contributed by atoms with Crippen molar-refractivity contribution in [2.45, 2.75) is 31.3 Å². The Bertz CT molecular complexity index is 588. The first-order valence-electron chi connectivity index (χ1n) is 8.35. The molecule has 1 spiro atoms. The molecule has 1 aromatic rings. The normalized spacial score (nSPS) is 25.8. The molecule has 7 nitrogen and oxygen atoms in total. The van der Waals surface area contributed by atoms with E-state index >= 15 is 0 Å². The highest BCUT2D eigenvalue weighted by Crippen LogP contribution is 2.39. The molecule has 3 saturated heterocycles. The summed E-state index contributed by atoms with van der Waals surface area (Å²) in [5.74, 6) is 0.539. The highest BCUT2D eigenvalue weighted by atomic mass is 16.5.